The Morgan fingerprint density at radius 3 is 2.57 bits per heavy atom. The van der Waals surface area contributed by atoms with Crippen molar-refractivity contribution < 1.29 is 14.3 Å². The Bertz CT molecular complexity index is 867. The van der Waals surface area contributed by atoms with Crippen LogP contribution in [0.1, 0.15) is 80.2 Å². The second kappa shape index (κ2) is 21.2. The number of allylic oxidation sites excluding steroid dienone is 3. The van der Waals surface area contributed by atoms with Crippen molar-refractivity contribution in [1.29, 1.82) is 0 Å². The molecule has 7 heteroatoms. The largest absolute Gasteiger partial charge is 0.481 e. The molecule has 0 amide bonds. The van der Waals surface area contributed by atoms with Crippen molar-refractivity contribution in [2.24, 2.45) is 10.9 Å². The maximum absolute atomic E-state index is 13.5. The number of thioether (sulfide) groups is 2. The maximum atomic E-state index is 13.5. The molecule has 3 atom stereocenters. The third-order valence-corrected chi connectivity index (χ3v) is 8.36. The number of halogens is 1. The molecule has 0 aromatic heterocycles. The van der Waals surface area contributed by atoms with Crippen LogP contribution in [-0.2, 0) is 11.2 Å². The molecule has 0 saturated heterocycles. The molecule has 1 heterocycles. The minimum atomic E-state index is -0.833. The number of nitrogens with zero attached hydrogens (tertiary/aromatic N) is 1. The van der Waals surface area contributed by atoms with Gasteiger partial charge in [0.05, 0.1) is 11.1 Å². The van der Waals surface area contributed by atoms with E-state index in [-0.39, 0.29) is 5.82 Å². The van der Waals surface area contributed by atoms with Crippen LogP contribution in [0.5, 0.6) is 0 Å². The Morgan fingerprint density at radius 1 is 1.30 bits per heavy atom. The summed E-state index contributed by atoms with van der Waals surface area (Å²) in [6.07, 6.45) is 11.0. The summed E-state index contributed by atoms with van der Waals surface area (Å²) in [5.74, 6) is 1.68. The van der Waals surface area contributed by atoms with Gasteiger partial charge < -0.3 is 10.4 Å². The summed E-state index contributed by atoms with van der Waals surface area (Å²) in [4.78, 5) is 13.9. The van der Waals surface area contributed by atoms with E-state index in [2.05, 4.69) is 58.2 Å². The molecule has 3 unspecified atom stereocenters. The van der Waals surface area contributed by atoms with Gasteiger partial charge >= 0.3 is 0 Å². The van der Waals surface area contributed by atoms with Gasteiger partial charge in [0.2, 0.25) is 0 Å². The molecule has 0 radical (unpaired) electrons. The van der Waals surface area contributed by atoms with Crippen LogP contribution in [0.2, 0.25) is 0 Å². The topological polar surface area (TPSA) is 61.7 Å². The van der Waals surface area contributed by atoms with Crippen LogP contribution in [0, 0.1) is 11.7 Å². The summed E-state index contributed by atoms with van der Waals surface area (Å²) < 4.78 is 13.5. The lowest BCUT2D eigenvalue weighted by atomic mass is 10.1. The minimum absolute atomic E-state index is 0.182. The standard InChI is InChI=1S/C26H39FN2S2.C2H4O2.C2H6/c1-6-19(4)10-9-11-21(7-2)20(5)30-18-26-29-24(17-31-26)14-15-28-25-16-23(27)13-12-22(25)8-3;1-2(3)4;1-2/h9-13,16,19-20,24,28H,6-8,14-15,17-18H2,1-5H3;1H3,(H,3,4);1-2H3/b10-9-,21-11-;;. The van der Waals surface area contributed by atoms with Crippen molar-refractivity contribution >= 4 is 40.2 Å². The average molecular weight is 553 g/mol. The molecule has 2 N–H and O–H groups in total. The van der Waals surface area contributed by atoms with Crippen molar-refractivity contribution in [3.8, 4) is 0 Å². The van der Waals surface area contributed by atoms with E-state index < -0.39 is 5.97 Å². The van der Waals surface area contributed by atoms with E-state index in [1.54, 1.807) is 6.07 Å². The zero-order valence-electron chi connectivity index (χ0n) is 24.1. The molecule has 0 saturated carbocycles. The van der Waals surface area contributed by atoms with Gasteiger partial charge in [-0.25, -0.2) is 4.39 Å². The number of carboxylic acids is 1. The van der Waals surface area contributed by atoms with Gasteiger partial charge in [0.1, 0.15) is 5.82 Å². The number of aryl methyl sites for hydroxylation is 1. The lowest BCUT2D eigenvalue weighted by molar-refractivity contribution is -0.134. The smallest absolute Gasteiger partial charge is 0.300 e. The molecule has 0 spiro atoms. The molecular formula is C30H49FN2O2S2. The number of aliphatic carboxylic acids is 1. The second-order valence-corrected chi connectivity index (χ2v) is 11.1. The predicted octanol–water partition coefficient (Wildman–Crippen LogP) is 8.88. The Morgan fingerprint density at radius 2 is 1.97 bits per heavy atom. The molecule has 1 aliphatic heterocycles. The van der Waals surface area contributed by atoms with Gasteiger partial charge in [-0.3, -0.25) is 9.79 Å². The highest BCUT2D eigenvalue weighted by Gasteiger charge is 2.19. The summed E-state index contributed by atoms with van der Waals surface area (Å²) in [6, 6.07) is 5.37. The first-order chi connectivity index (χ1) is 17.7. The average Bonchev–Trinajstić information content (AvgIpc) is 3.33. The molecular weight excluding hydrogens is 503 g/mol. The van der Waals surface area contributed by atoms with Gasteiger partial charge in [-0.15, -0.1) is 23.5 Å². The Balaban J connectivity index is 0.00000196. The minimum Gasteiger partial charge on any atom is -0.481 e. The number of anilines is 1. The molecule has 37 heavy (non-hydrogen) atoms. The molecule has 1 aromatic carbocycles. The number of rotatable bonds is 13. The first kappa shape index (κ1) is 35.3. The van der Waals surface area contributed by atoms with Crippen LogP contribution in [0.25, 0.3) is 0 Å². The molecule has 2 rings (SSSR count). The predicted molar refractivity (Wildman–Crippen MR) is 166 cm³/mol. The molecule has 1 aliphatic rings. The monoisotopic (exact) mass is 552 g/mol. The molecule has 4 nitrogen and oxygen atoms in total. The number of carbonyl (C=O) groups is 1. The normalized spacial score (nSPS) is 16.7. The first-order valence-electron chi connectivity index (χ1n) is 13.6. The van der Waals surface area contributed by atoms with Crippen molar-refractivity contribution in [3.05, 3.63) is 53.4 Å². The van der Waals surface area contributed by atoms with Crippen molar-refractivity contribution in [3.63, 3.8) is 0 Å². The quantitative estimate of drug-likeness (QED) is 0.239. The van der Waals surface area contributed by atoms with E-state index in [9.17, 15) is 4.39 Å². The number of nitrogens with one attached hydrogen (secondary N) is 1. The number of hydrogen-bond acceptors (Lipinski definition) is 5. The van der Waals surface area contributed by atoms with Gasteiger partial charge in [-0.05, 0) is 49.8 Å². The van der Waals surface area contributed by atoms with Gasteiger partial charge in [-0.1, -0.05) is 77.8 Å². The van der Waals surface area contributed by atoms with Gasteiger partial charge in [0.15, 0.2) is 0 Å². The highest BCUT2D eigenvalue weighted by atomic mass is 32.2. The number of hydrogen-bond donors (Lipinski definition) is 2. The van der Waals surface area contributed by atoms with Crippen LogP contribution in [-0.4, -0.2) is 45.5 Å². The van der Waals surface area contributed by atoms with Crippen LogP contribution in [0.15, 0.2) is 47.0 Å². The fourth-order valence-corrected chi connectivity index (χ4v) is 5.75. The third-order valence-electron chi connectivity index (χ3n) is 5.80. The Kier molecular flexibility index (Phi) is 20.2. The zero-order chi connectivity index (χ0) is 28.2. The molecule has 0 bridgehead atoms. The molecule has 1 aromatic rings. The van der Waals surface area contributed by atoms with Gasteiger partial charge in [0, 0.05) is 35.9 Å². The van der Waals surface area contributed by atoms with Crippen LogP contribution in [0.4, 0.5) is 10.1 Å². The first-order valence-corrected chi connectivity index (χ1v) is 15.6. The van der Waals surface area contributed by atoms with Crippen molar-refractivity contribution in [1.82, 2.24) is 0 Å². The van der Waals surface area contributed by atoms with E-state index in [0.717, 1.165) is 55.5 Å². The number of carboxylic acid groups (broad SMARTS) is 1. The number of aliphatic imine (C=N–C) groups is 1. The number of benzene rings is 1. The Hall–Kier alpha value is -1.73. The Labute approximate surface area is 234 Å². The lowest BCUT2D eigenvalue weighted by Gasteiger charge is -2.14. The summed E-state index contributed by atoms with van der Waals surface area (Å²) in [5.41, 5.74) is 3.58. The van der Waals surface area contributed by atoms with E-state index in [1.165, 1.54) is 23.1 Å². The van der Waals surface area contributed by atoms with Gasteiger partial charge in [-0.2, -0.15) is 0 Å². The third kappa shape index (κ3) is 16.0. The van der Waals surface area contributed by atoms with E-state index in [0.29, 0.717) is 17.2 Å². The van der Waals surface area contributed by atoms with E-state index in [4.69, 9.17) is 14.9 Å². The van der Waals surface area contributed by atoms with Crippen molar-refractivity contribution in [2.45, 2.75) is 92.4 Å². The molecule has 0 fully saturated rings. The summed E-state index contributed by atoms with van der Waals surface area (Å²) in [5, 5.41) is 12.6. The van der Waals surface area contributed by atoms with Gasteiger partial charge in [0.25, 0.3) is 5.97 Å². The fraction of sp³-hybridized carbons (Fsp3) is 0.600. The van der Waals surface area contributed by atoms with E-state index in [1.807, 2.05) is 43.4 Å². The fourth-order valence-electron chi connectivity index (χ4n) is 3.44. The highest BCUT2D eigenvalue weighted by molar-refractivity contribution is 8.16. The maximum Gasteiger partial charge on any atom is 0.300 e. The van der Waals surface area contributed by atoms with Crippen molar-refractivity contribution in [2.75, 3.05) is 23.4 Å². The second-order valence-electron chi connectivity index (χ2n) is 8.70. The summed E-state index contributed by atoms with van der Waals surface area (Å²) in [6.45, 7) is 17.0. The zero-order valence-corrected chi connectivity index (χ0v) is 25.8. The summed E-state index contributed by atoms with van der Waals surface area (Å²) in [7, 11) is 0. The van der Waals surface area contributed by atoms with Crippen LogP contribution < -0.4 is 5.32 Å². The van der Waals surface area contributed by atoms with Crippen LogP contribution >= 0.6 is 23.5 Å². The lowest BCUT2D eigenvalue weighted by Crippen LogP contribution is -2.13. The molecule has 0 aliphatic carbocycles. The SMILES string of the molecule is CC.CC(=O)O.CC/C(=C/C=C\C(C)CC)C(C)SCC1=NC(CCNc2cc(F)ccc2CC)CS1. The molecule has 210 valence electrons. The van der Waals surface area contributed by atoms with E-state index >= 15 is 0 Å². The van der Waals surface area contributed by atoms with Crippen LogP contribution in [0.3, 0.4) is 0 Å². The highest BCUT2D eigenvalue weighted by Crippen LogP contribution is 2.28. The summed E-state index contributed by atoms with van der Waals surface area (Å²) >= 11 is 3.89.